The third-order valence-corrected chi connectivity index (χ3v) is 4.22. The Morgan fingerprint density at radius 3 is 2.57 bits per heavy atom. The Morgan fingerprint density at radius 1 is 1.35 bits per heavy atom. The van der Waals surface area contributed by atoms with Gasteiger partial charge in [-0.25, -0.2) is 13.6 Å². The normalized spacial score (nSPS) is 12.4. The number of hydrogen-bond acceptors (Lipinski definition) is 3. The van der Waals surface area contributed by atoms with Gasteiger partial charge in [0.25, 0.3) is 5.91 Å². The standard InChI is InChI=1S/C15H26N4O3S/c1-15(2,11-19(3)4)10-17-9-14(20)18-12-6-5-7-13(8-12)23(16,21)22/h5-8,17H,9-11H2,1-4H3,(H,18,20)(H2,16,21,22)/p+2. The molecule has 0 spiro atoms. The summed E-state index contributed by atoms with van der Waals surface area (Å²) in [6.45, 7) is 6.48. The maximum Gasteiger partial charge on any atom is 0.279 e. The van der Waals surface area contributed by atoms with Crippen molar-refractivity contribution in [2.75, 3.05) is 39.0 Å². The molecule has 0 radical (unpaired) electrons. The molecule has 23 heavy (non-hydrogen) atoms. The van der Waals surface area contributed by atoms with Gasteiger partial charge < -0.3 is 15.5 Å². The molecule has 0 bridgehead atoms. The number of sulfonamides is 1. The summed E-state index contributed by atoms with van der Waals surface area (Å²) in [6.07, 6.45) is 0. The molecular formula is C15H28N4O3S+2. The van der Waals surface area contributed by atoms with Gasteiger partial charge in [-0.3, -0.25) is 4.79 Å². The Hall–Kier alpha value is -1.48. The highest BCUT2D eigenvalue weighted by Gasteiger charge is 2.24. The first kappa shape index (κ1) is 19.6. The van der Waals surface area contributed by atoms with E-state index in [0.29, 0.717) is 5.69 Å². The monoisotopic (exact) mass is 344 g/mol. The van der Waals surface area contributed by atoms with Gasteiger partial charge in [-0.1, -0.05) is 6.07 Å². The Kier molecular flexibility index (Phi) is 6.69. The molecular weight excluding hydrogens is 316 g/mol. The van der Waals surface area contributed by atoms with Crippen molar-refractivity contribution in [2.45, 2.75) is 18.7 Å². The zero-order valence-corrected chi connectivity index (χ0v) is 15.0. The first-order valence-corrected chi connectivity index (χ1v) is 9.08. The minimum Gasteiger partial charge on any atom is -0.339 e. The molecule has 7 nitrogen and oxygen atoms in total. The molecule has 0 atom stereocenters. The number of anilines is 1. The summed E-state index contributed by atoms with van der Waals surface area (Å²) in [7, 11) is 0.438. The number of nitrogens with one attached hydrogen (secondary N) is 2. The van der Waals surface area contributed by atoms with Crippen molar-refractivity contribution in [3.05, 3.63) is 24.3 Å². The van der Waals surface area contributed by atoms with Gasteiger partial charge in [0.15, 0.2) is 6.54 Å². The van der Waals surface area contributed by atoms with Crippen LogP contribution in [0.3, 0.4) is 0 Å². The van der Waals surface area contributed by atoms with Crippen molar-refractivity contribution >= 4 is 21.6 Å². The van der Waals surface area contributed by atoms with Crippen LogP contribution in [0.5, 0.6) is 0 Å². The summed E-state index contributed by atoms with van der Waals surface area (Å²) in [5, 5.41) is 9.72. The Balaban J connectivity index is 2.52. The van der Waals surface area contributed by atoms with E-state index < -0.39 is 10.0 Å². The molecule has 0 aromatic heterocycles. The Bertz CT molecular complexity index is 642. The van der Waals surface area contributed by atoms with Gasteiger partial charge in [-0.2, -0.15) is 0 Å². The number of quaternary nitrogens is 2. The Morgan fingerprint density at radius 2 is 2.00 bits per heavy atom. The van der Waals surface area contributed by atoms with Gasteiger partial charge >= 0.3 is 0 Å². The van der Waals surface area contributed by atoms with Gasteiger partial charge in [-0.15, -0.1) is 0 Å². The molecule has 0 saturated carbocycles. The molecule has 0 unspecified atom stereocenters. The lowest BCUT2D eigenvalue weighted by atomic mass is 9.93. The van der Waals surface area contributed by atoms with Gasteiger partial charge in [-0.05, 0) is 32.0 Å². The van der Waals surface area contributed by atoms with E-state index in [0.717, 1.165) is 13.1 Å². The molecule has 1 aromatic rings. The van der Waals surface area contributed by atoms with Crippen LogP contribution in [0.4, 0.5) is 5.69 Å². The van der Waals surface area contributed by atoms with Crippen molar-refractivity contribution in [3.8, 4) is 0 Å². The van der Waals surface area contributed by atoms with E-state index in [1.165, 1.54) is 17.0 Å². The maximum atomic E-state index is 12.0. The molecule has 130 valence electrons. The predicted molar refractivity (Wildman–Crippen MR) is 89.6 cm³/mol. The highest BCUT2D eigenvalue weighted by atomic mass is 32.2. The Labute approximate surface area is 138 Å². The van der Waals surface area contributed by atoms with E-state index in [2.05, 4.69) is 33.3 Å². The lowest BCUT2D eigenvalue weighted by Crippen LogP contribution is -3.08. The van der Waals surface area contributed by atoms with Gasteiger partial charge in [0.1, 0.15) is 0 Å². The topological polar surface area (TPSA) is 110 Å². The van der Waals surface area contributed by atoms with Crippen LogP contribution in [0, 0.1) is 5.41 Å². The zero-order valence-electron chi connectivity index (χ0n) is 14.2. The summed E-state index contributed by atoms with van der Waals surface area (Å²) in [4.78, 5) is 13.3. The second-order valence-corrected chi connectivity index (χ2v) is 8.43. The minimum absolute atomic E-state index is 0.0191. The zero-order chi connectivity index (χ0) is 17.7. The quantitative estimate of drug-likeness (QED) is 0.438. The predicted octanol–water partition coefficient (Wildman–Crippen LogP) is -1.99. The van der Waals surface area contributed by atoms with Crippen LogP contribution in [0.25, 0.3) is 0 Å². The second-order valence-electron chi connectivity index (χ2n) is 6.87. The highest BCUT2D eigenvalue weighted by Crippen LogP contribution is 2.13. The van der Waals surface area contributed by atoms with E-state index >= 15 is 0 Å². The molecule has 0 aliphatic carbocycles. The SMILES string of the molecule is C[NH+](C)CC(C)(C)C[NH2+]CC(=O)Nc1cccc(S(N)(=O)=O)c1. The van der Waals surface area contributed by atoms with E-state index in [4.69, 9.17) is 5.14 Å². The smallest absolute Gasteiger partial charge is 0.279 e. The molecule has 0 fully saturated rings. The summed E-state index contributed by atoms with van der Waals surface area (Å²) < 4.78 is 22.6. The van der Waals surface area contributed by atoms with Gasteiger partial charge in [0.2, 0.25) is 10.0 Å². The largest absolute Gasteiger partial charge is 0.339 e. The minimum atomic E-state index is -3.77. The molecule has 6 N–H and O–H groups in total. The van der Waals surface area contributed by atoms with Crippen LogP contribution in [-0.4, -0.2) is 48.1 Å². The number of hydrogen-bond donors (Lipinski definition) is 4. The highest BCUT2D eigenvalue weighted by molar-refractivity contribution is 7.89. The van der Waals surface area contributed by atoms with Crippen molar-refractivity contribution in [1.29, 1.82) is 0 Å². The van der Waals surface area contributed by atoms with Crippen molar-refractivity contribution in [3.63, 3.8) is 0 Å². The fourth-order valence-electron chi connectivity index (χ4n) is 2.59. The molecule has 1 aromatic carbocycles. The summed E-state index contributed by atoms with van der Waals surface area (Å²) in [5.74, 6) is -0.176. The van der Waals surface area contributed by atoms with Gasteiger partial charge in [0, 0.05) is 5.69 Å². The molecule has 1 rings (SSSR count). The van der Waals surface area contributed by atoms with Crippen LogP contribution < -0.4 is 20.7 Å². The van der Waals surface area contributed by atoms with Crippen molar-refractivity contribution < 1.29 is 23.4 Å². The van der Waals surface area contributed by atoms with Crippen LogP contribution in [0.2, 0.25) is 0 Å². The van der Waals surface area contributed by atoms with Crippen molar-refractivity contribution in [1.82, 2.24) is 0 Å². The molecule has 0 saturated heterocycles. The third kappa shape index (κ3) is 7.56. The van der Waals surface area contributed by atoms with Crippen LogP contribution in [0.1, 0.15) is 13.8 Å². The number of amides is 1. The number of rotatable bonds is 8. The first-order chi connectivity index (χ1) is 10.5. The van der Waals surface area contributed by atoms with Crippen molar-refractivity contribution in [2.24, 2.45) is 10.6 Å². The fourth-order valence-corrected chi connectivity index (χ4v) is 3.15. The van der Waals surface area contributed by atoms with E-state index in [-0.39, 0.29) is 22.8 Å². The van der Waals surface area contributed by atoms with Crippen LogP contribution in [0.15, 0.2) is 29.2 Å². The number of nitrogens with two attached hydrogens (primary N) is 2. The summed E-state index contributed by atoms with van der Waals surface area (Å²) in [6, 6.07) is 5.92. The van der Waals surface area contributed by atoms with E-state index in [1.807, 2.05) is 5.32 Å². The number of carbonyl (C=O) groups is 1. The lowest BCUT2D eigenvalue weighted by Gasteiger charge is -2.23. The average molecular weight is 344 g/mol. The second kappa shape index (κ2) is 7.87. The molecule has 0 heterocycles. The lowest BCUT2D eigenvalue weighted by molar-refractivity contribution is -0.868. The van der Waals surface area contributed by atoms with Gasteiger partial charge in [0.05, 0.1) is 37.5 Å². The average Bonchev–Trinajstić information content (AvgIpc) is 2.36. The number of carbonyl (C=O) groups excluding carboxylic acids is 1. The molecule has 0 aliphatic heterocycles. The molecule has 0 aliphatic rings. The maximum absolute atomic E-state index is 12.0. The number of benzene rings is 1. The van der Waals surface area contributed by atoms with E-state index in [1.54, 1.807) is 12.1 Å². The third-order valence-electron chi connectivity index (χ3n) is 3.31. The van der Waals surface area contributed by atoms with Crippen LogP contribution >= 0.6 is 0 Å². The number of primary sulfonamides is 1. The van der Waals surface area contributed by atoms with E-state index in [9.17, 15) is 13.2 Å². The first-order valence-electron chi connectivity index (χ1n) is 7.53. The summed E-state index contributed by atoms with van der Waals surface area (Å²) >= 11 is 0. The molecule has 1 amide bonds. The summed E-state index contributed by atoms with van der Waals surface area (Å²) in [5.41, 5.74) is 0.555. The van der Waals surface area contributed by atoms with Crippen LogP contribution in [-0.2, 0) is 14.8 Å². The fraction of sp³-hybridized carbons (Fsp3) is 0.533. The molecule has 8 heteroatoms.